The van der Waals surface area contributed by atoms with E-state index in [2.05, 4.69) is 15.6 Å². The van der Waals surface area contributed by atoms with Crippen LogP contribution in [-0.4, -0.2) is 11.0 Å². The lowest BCUT2D eigenvalue weighted by Crippen LogP contribution is -2.17. The minimum atomic E-state index is -0.312. The third-order valence-corrected chi connectivity index (χ3v) is 2.69. The Morgan fingerprint density at radius 1 is 1.06 bits per heavy atom. The summed E-state index contributed by atoms with van der Waals surface area (Å²) in [6.07, 6.45) is 0. The van der Waals surface area contributed by atoms with Crippen LogP contribution in [0.5, 0.6) is 0 Å². The molecule has 5 heteroatoms. The van der Waals surface area contributed by atoms with Gasteiger partial charge in [-0.3, -0.25) is 0 Å². The molecule has 1 aromatic heterocycles. The van der Waals surface area contributed by atoms with Crippen LogP contribution in [-0.2, 0) is 0 Å². The molecule has 0 bridgehead atoms. The maximum absolute atomic E-state index is 11.6. The summed E-state index contributed by atoms with van der Waals surface area (Å²) >= 11 is 0. The summed E-state index contributed by atoms with van der Waals surface area (Å²) < 4.78 is 0. The van der Waals surface area contributed by atoms with Gasteiger partial charge in [-0.2, -0.15) is 5.26 Å². The number of pyridine rings is 1. The molecule has 5 nitrogen and oxygen atoms in total. The SMILES string of the molecule is N#Cc1ccc2c(n1)-c1ccccc1NC(=O)N2. The zero-order valence-electron chi connectivity index (χ0n) is 9.27. The Hall–Kier alpha value is -2.87. The number of nitrogens with one attached hydrogen (secondary N) is 2. The number of fused-ring (bicyclic) bond motifs is 3. The largest absolute Gasteiger partial charge is 0.323 e. The molecule has 1 aliphatic rings. The van der Waals surface area contributed by atoms with Gasteiger partial charge in [-0.1, -0.05) is 18.2 Å². The maximum Gasteiger partial charge on any atom is 0.323 e. The summed E-state index contributed by atoms with van der Waals surface area (Å²) in [4.78, 5) is 15.9. The van der Waals surface area contributed by atoms with E-state index < -0.39 is 0 Å². The summed E-state index contributed by atoms with van der Waals surface area (Å²) in [5.74, 6) is 0. The van der Waals surface area contributed by atoms with Crippen molar-refractivity contribution in [3.05, 3.63) is 42.1 Å². The molecule has 2 heterocycles. The van der Waals surface area contributed by atoms with Gasteiger partial charge in [0.05, 0.1) is 17.1 Å². The lowest BCUT2D eigenvalue weighted by molar-refractivity contribution is 0.262. The summed E-state index contributed by atoms with van der Waals surface area (Å²) in [5, 5.41) is 14.3. The van der Waals surface area contributed by atoms with Crippen LogP contribution in [0, 0.1) is 11.3 Å². The van der Waals surface area contributed by atoms with Crippen LogP contribution in [0.2, 0.25) is 0 Å². The van der Waals surface area contributed by atoms with E-state index in [0.29, 0.717) is 22.8 Å². The number of aromatic nitrogens is 1. The van der Waals surface area contributed by atoms with Crippen LogP contribution in [0.4, 0.5) is 16.2 Å². The second kappa shape index (κ2) is 3.86. The first-order valence-electron chi connectivity index (χ1n) is 5.36. The Bertz CT molecular complexity index is 688. The number of rotatable bonds is 0. The number of hydrogen-bond donors (Lipinski definition) is 2. The summed E-state index contributed by atoms with van der Waals surface area (Å²) in [7, 11) is 0. The van der Waals surface area contributed by atoms with Crippen LogP contribution in [0.3, 0.4) is 0 Å². The highest BCUT2D eigenvalue weighted by atomic mass is 16.2. The molecule has 2 N–H and O–H groups in total. The van der Waals surface area contributed by atoms with Gasteiger partial charge in [0.1, 0.15) is 11.8 Å². The quantitative estimate of drug-likeness (QED) is 0.737. The van der Waals surface area contributed by atoms with Crippen molar-refractivity contribution in [2.45, 2.75) is 0 Å². The fourth-order valence-corrected chi connectivity index (χ4v) is 1.90. The Balaban J connectivity index is 2.30. The number of anilines is 2. The summed E-state index contributed by atoms with van der Waals surface area (Å²) in [5.41, 5.74) is 2.98. The maximum atomic E-state index is 11.6. The van der Waals surface area contributed by atoms with Crippen molar-refractivity contribution in [3.63, 3.8) is 0 Å². The molecule has 1 aromatic carbocycles. The first kappa shape index (κ1) is 10.3. The average Bonchev–Trinajstić information content (AvgIpc) is 2.53. The van der Waals surface area contributed by atoms with Crippen LogP contribution in [0.1, 0.15) is 5.69 Å². The molecule has 0 fully saturated rings. The molecule has 0 saturated heterocycles. The van der Waals surface area contributed by atoms with Gasteiger partial charge >= 0.3 is 6.03 Å². The average molecular weight is 236 g/mol. The van der Waals surface area contributed by atoms with E-state index in [-0.39, 0.29) is 6.03 Å². The minimum Gasteiger partial charge on any atom is -0.307 e. The summed E-state index contributed by atoms with van der Waals surface area (Å²) in [6, 6.07) is 12.3. The van der Waals surface area contributed by atoms with E-state index in [1.54, 1.807) is 18.2 Å². The molecule has 0 saturated carbocycles. The molecule has 2 aromatic rings. The third-order valence-electron chi connectivity index (χ3n) is 2.69. The van der Waals surface area contributed by atoms with E-state index in [4.69, 9.17) is 5.26 Å². The number of carbonyl (C=O) groups is 1. The highest BCUT2D eigenvalue weighted by molar-refractivity contribution is 6.07. The molecule has 2 amide bonds. The Morgan fingerprint density at radius 3 is 2.67 bits per heavy atom. The lowest BCUT2D eigenvalue weighted by Gasteiger charge is -2.06. The van der Waals surface area contributed by atoms with E-state index in [9.17, 15) is 4.79 Å². The zero-order valence-corrected chi connectivity index (χ0v) is 9.27. The second-order valence-corrected chi connectivity index (χ2v) is 3.83. The number of nitriles is 1. The van der Waals surface area contributed by atoms with E-state index in [1.165, 1.54) is 0 Å². The zero-order chi connectivity index (χ0) is 12.5. The van der Waals surface area contributed by atoms with Crippen LogP contribution in [0.25, 0.3) is 11.3 Å². The smallest absolute Gasteiger partial charge is 0.307 e. The number of nitrogens with zero attached hydrogens (tertiary/aromatic N) is 2. The van der Waals surface area contributed by atoms with Crippen molar-refractivity contribution in [2.75, 3.05) is 10.6 Å². The van der Waals surface area contributed by atoms with E-state index in [0.717, 1.165) is 5.56 Å². The number of amides is 2. The second-order valence-electron chi connectivity index (χ2n) is 3.83. The van der Waals surface area contributed by atoms with Gasteiger partial charge in [0, 0.05) is 5.56 Å². The Labute approximate surface area is 103 Å². The molecular weight excluding hydrogens is 228 g/mol. The van der Waals surface area contributed by atoms with Gasteiger partial charge in [0.15, 0.2) is 0 Å². The highest BCUT2D eigenvalue weighted by Crippen LogP contribution is 2.34. The van der Waals surface area contributed by atoms with Crippen molar-refractivity contribution < 1.29 is 4.79 Å². The number of para-hydroxylation sites is 1. The van der Waals surface area contributed by atoms with Gasteiger partial charge in [0.2, 0.25) is 0 Å². The van der Waals surface area contributed by atoms with Gasteiger partial charge in [-0.05, 0) is 18.2 Å². The number of benzene rings is 1. The predicted molar refractivity (Wildman–Crippen MR) is 67.0 cm³/mol. The fourth-order valence-electron chi connectivity index (χ4n) is 1.90. The Kier molecular flexibility index (Phi) is 2.21. The van der Waals surface area contributed by atoms with Crippen LogP contribution in [0.15, 0.2) is 36.4 Å². The highest BCUT2D eigenvalue weighted by Gasteiger charge is 2.19. The first-order valence-corrected chi connectivity index (χ1v) is 5.36. The van der Waals surface area contributed by atoms with Crippen molar-refractivity contribution in [1.82, 2.24) is 4.98 Å². The molecule has 86 valence electrons. The number of carbonyl (C=O) groups excluding carboxylic acids is 1. The third kappa shape index (κ3) is 1.57. The Morgan fingerprint density at radius 2 is 1.83 bits per heavy atom. The lowest BCUT2D eigenvalue weighted by atomic mass is 10.1. The topological polar surface area (TPSA) is 77.8 Å². The van der Waals surface area contributed by atoms with Crippen molar-refractivity contribution in [2.24, 2.45) is 0 Å². The molecule has 3 rings (SSSR count). The molecule has 0 spiro atoms. The molecule has 0 atom stereocenters. The normalized spacial score (nSPS) is 12.3. The van der Waals surface area contributed by atoms with E-state index >= 15 is 0 Å². The molecule has 1 aliphatic heterocycles. The standard InChI is InChI=1S/C13H8N4O/c14-7-8-5-6-11-12(15-8)9-3-1-2-4-10(9)16-13(18)17-11/h1-6H,(H2,16,17,18). The molecule has 0 aliphatic carbocycles. The first-order chi connectivity index (χ1) is 8.78. The molecule has 0 unspecified atom stereocenters. The van der Waals surface area contributed by atoms with Crippen LogP contribution < -0.4 is 10.6 Å². The van der Waals surface area contributed by atoms with Gasteiger partial charge in [0.25, 0.3) is 0 Å². The van der Waals surface area contributed by atoms with Crippen molar-refractivity contribution in [1.29, 1.82) is 5.26 Å². The monoisotopic (exact) mass is 236 g/mol. The predicted octanol–water partition coefficient (Wildman–Crippen LogP) is 2.58. The van der Waals surface area contributed by atoms with Crippen LogP contribution >= 0.6 is 0 Å². The molecule has 0 radical (unpaired) electrons. The number of urea groups is 1. The minimum absolute atomic E-state index is 0.312. The summed E-state index contributed by atoms with van der Waals surface area (Å²) in [6.45, 7) is 0. The van der Waals surface area contributed by atoms with Gasteiger partial charge in [-0.15, -0.1) is 0 Å². The van der Waals surface area contributed by atoms with Crippen molar-refractivity contribution in [3.8, 4) is 17.3 Å². The van der Waals surface area contributed by atoms with Gasteiger partial charge < -0.3 is 10.6 Å². The molecule has 18 heavy (non-hydrogen) atoms. The van der Waals surface area contributed by atoms with Crippen molar-refractivity contribution >= 4 is 17.4 Å². The fraction of sp³-hybridized carbons (Fsp3) is 0. The molecular formula is C13H8N4O. The van der Waals surface area contributed by atoms with E-state index in [1.807, 2.05) is 24.3 Å². The number of hydrogen-bond acceptors (Lipinski definition) is 3. The van der Waals surface area contributed by atoms with Gasteiger partial charge in [-0.25, -0.2) is 9.78 Å².